The standard InChI is InChI=1S/C7H6N2S.C6H7N.C5H6N2.C5H6S.C4H6N2.C4H5NS.C3H6N4.C3H5N3.C3H4N2S/c10-7-8-5-3-1-2-4-6(5)9-7;1-6-4-2-3-5-7-6;1-5-6-3-2-4-7-5;1-5-3-2-4-6-5;2*1-4-5-2-3-6-4;1-3-4-5-6-7(3)2;1-3-4-2-5-6-3;1-3-5-4-2-6-3/h1-4H,(H2,8,9,10);2-5H,1H3;2-4H,1H3;2-4H,1H3;2-3H,1H3,(H,5,6);2-3H,1H3;1-2H3;2H,1H3,(H,4,5,6);2H,1H3. The molecule has 1 aromatic carbocycles. The number of hydrogen-bond acceptors (Lipinski definition) is 16. The van der Waals surface area contributed by atoms with Crippen LogP contribution in [0.4, 0.5) is 0 Å². The van der Waals surface area contributed by atoms with Gasteiger partial charge in [-0.25, -0.2) is 24.6 Å². The second kappa shape index (κ2) is 31.4. The first-order valence-corrected chi connectivity index (χ1v) is 21.3. The van der Waals surface area contributed by atoms with Crippen molar-refractivity contribution in [3.8, 4) is 0 Å². The van der Waals surface area contributed by atoms with Gasteiger partial charge in [-0.2, -0.15) is 5.10 Å². The maximum Gasteiger partial charge on any atom is 0.175 e. The van der Waals surface area contributed by atoms with E-state index in [1.807, 2.05) is 96.3 Å². The first kappa shape index (κ1) is 50.6. The van der Waals surface area contributed by atoms with Gasteiger partial charge in [-0.15, -0.1) is 49.3 Å². The van der Waals surface area contributed by atoms with E-state index in [0.717, 1.165) is 50.0 Å². The third-order valence-electron chi connectivity index (χ3n) is 6.62. The van der Waals surface area contributed by atoms with Crippen molar-refractivity contribution in [1.29, 1.82) is 0 Å². The number of fused-ring (bicyclic) bond motifs is 1. The molecule has 17 nitrogen and oxygen atoms in total. The van der Waals surface area contributed by atoms with Gasteiger partial charge in [0.05, 0.1) is 16.0 Å². The van der Waals surface area contributed by atoms with Gasteiger partial charge in [0.1, 0.15) is 40.1 Å². The third-order valence-corrected chi connectivity index (χ3v) is 8.95. The van der Waals surface area contributed by atoms with Crippen LogP contribution in [0.1, 0.15) is 43.9 Å². The lowest BCUT2D eigenvalue weighted by Crippen LogP contribution is -1.92. The fraction of sp³-hybridized carbons (Fsp3) is 0.225. The van der Waals surface area contributed by atoms with E-state index in [-0.39, 0.29) is 0 Å². The van der Waals surface area contributed by atoms with E-state index in [4.69, 9.17) is 12.2 Å². The molecule has 0 unspecified atom stereocenters. The molecule has 10 rings (SSSR count). The summed E-state index contributed by atoms with van der Waals surface area (Å²) >= 11 is 9.90. The number of benzene rings is 1. The molecule has 9 heterocycles. The summed E-state index contributed by atoms with van der Waals surface area (Å²) < 4.78 is 2.29. The number of aromatic nitrogens is 17. The molecule has 0 amide bonds. The van der Waals surface area contributed by atoms with Crippen molar-refractivity contribution in [1.82, 2.24) is 85.5 Å². The fourth-order valence-corrected chi connectivity index (χ4v) is 5.10. The molecule has 0 spiro atoms. The number of thiazole rings is 1. The lowest BCUT2D eigenvalue weighted by molar-refractivity contribution is 0.695. The minimum atomic E-state index is 0.682. The molecule has 0 aliphatic rings. The molecule has 0 saturated heterocycles. The van der Waals surface area contributed by atoms with Crippen molar-refractivity contribution in [3.05, 3.63) is 169 Å². The molecule has 0 saturated carbocycles. The van der Waals surface area contributed by atoms with Crippen LogP contribution in [0, 0.1) is 60.2 Å². The van der Waals surface area contributed by atoms with Gasteiger partial charge < -0.3 is 15.0 Å². The summed E-state index contributed by atoms with van der Waals surface area (Å²) in [4.78, 5) is 33.6. The molecule has 0 fully saturated rings. The zero-order chi connectivity index (χ0) is 44.5. The van der Waals surface area contributed by atoms with Crippen molar-refractivity contribution >= 4 is 57.3 Å². The first-order chi connectivity index (χ1) is 29.4. The summed E-state index contributed by atoms with van der Waals surface area (Å²) in [7, 11) is 1.80. The first-order valence-electron chi connectivity index (χ1n) is 18.3. The summed E-state index contributed by atoms with van der Waals surface area (Å²) in [5.74, 6) is 3.48. The van der Waals surface area contributed by atoms with Crippen LogP contribution in [0.3, 0.4) is 0 Å². The average molecular weight is 898 g/mol. The largest absolute Gasteiger partial charge is 0.349 e. The van der Waals surface area contributed by atoms with Gasteiger partial charge in [0.25, 0.3) is 0 Å². The maximum absolute atomic E-state index is 4.90. The Labute approximate surface area is 372 Å². The molecule has 0 aliphatic heterocycles. The van der Waals surface area contributed by atoms with Gasteiger partial charge in [0.2, 0.25) is 0 Å². The number of tetrazole rings is 1. The number of nitrogens with one attached hydrogen (secondary N) is 4. The molecule has 320 valence electrons. The topological polar surface area (TPSA) is 223 Å². The van der Waals surface area contributed by atoms with Crippen LogP contribution in [0.5, 0.6) is 0 Å². The zero-order valence-corrected chi connectivity index (χ0v) is 38.8. The monoisotopic (exact) mass is 897 g/mol. The highest BCUT2D eigenvalue weighted by atomic mass is 32.1. The van der Waals surface area contributed by atoms with E-state index in [2.05, 4.69) is 105 Å². The number of thiophene rings is 1. The molecule has 0 aliphatic carbocycles. The number of imidazole rings is 2. The van der Waals surface area contributed by atoms with E-state index in [9.17, 15) is 0 Å². The Kier molecular flexibility index (Phi) is 26.0. The Balaban J connectivity index is 0.000000238. The van der Waals surface area contributed by atoms with E-state index in [1.165, 1.54) is 11.2 Å². The summed E-state index contributed by atoms with van der Waals surface area (Å²) in [6, 6.07) is 19.7. The molecule has 0 atom stereocenters. The predicted octanol–water partition coefficient (Wildman–Crippen LogP) is 9.10. The highest BCUT2D eigenvalue weighted by molar-refractivity contribution is 7.71. The lowest BCUT2D eigenvalue weighted by atomic mass is 10.3. The second-order valence-corrected chi connectivity index (χ2v) is 15.4. The fourth-order valence-electron chi connectivity index (χ4n) is 3.57. The number of rotatable bonds is 0. The van der Waals surface area contributed by atoms with Crippen LogP contribution >= 0.6 is 46.2 Å². The molecular formula is C40H51N17S4. The van der Waals surface area contributed by atoms with Crippen LogP contribution < -0.4 is 0 Å². The van der Waals surface area contributed by atoms with Crippen LogP contribution in [0.25, 0.3) is 11.0 Å². The average Bonchev–Trinajstić information content (AvgIpc) is 4.11. The molecule has 10 aromatic rings. The summed E-state index contributed by atoms with van der Waals surface area (Å²) in [5, 5.41) is 30.3. The van der Waals surface area contributed by atoms with Crippen LogP contribution in [-0.2, 0) is 7.05 Å². The molecule has 61 heavy (non-hydrogen) atoms. The second-order valence-electron chi connectivity index (χ2n) is 11.7. The highest BCUT2D eigenvalue weighted by Gasteiger charge is 1.90. The summed E-state index contributed by atoms with van der Waals surface area (Å²) in [6.07, 6.45) is 12.1. The lowest BCUT2D eigenvalue weighted by Gasteiger charge is -1.82. The van der Waals surface area contributed by atoms with E-state index in [1.54, 1.807) is 94.5 Å². The van der Waals surface area contributed by atoms with E-state index < -0.39 is 0 Å². The molecule has 4 N–H and O–H groups in total. The molecule has 9 aromatic heterocycles. The number of pyridine rings is 1. The Bertz CT molecular complexity index is 2200. The predicted molar refractivity (Wildman–Crippen MR) is 248 cm³/mol. The van der Waals surface area contributed by atoms with Gasteiger partial charge >= 0.3 is 0 Å². The number of aryl methyl sites for hydroxylation is 9. The minimum Gasteiger partial charge on any atom is -0.349 e. The van der Waals surface area contributed by atoms with Crippen molar-refractivity contribution in [2.24, 2.45) is 7.05 Å². The van der Waals surface area contributed by atoms with Crippen molar-refractivity contribution in [2.75, 3.05) is 0 Å². The summed E-state index contributed by atoms with van der Waals surface area (Å²) in [5.41, 5.74) is 4.91. The van der Waals surface area contributed by atoms with Gasteiger partial charge in [0.15, 0.2) is 4.77 Å². The van der Waals surface area contributed by atoms with Crippen molar-refractivity contribution in [2.45, 2.75) is 55.4 Å². The maximum atomic E-state index is 4.90. The Hall–Kier alpha value is -6.55. The zero-order valence-electron chi connectivity index (χ0n) is 35.5. The number of aromatic amines is 4. The van der Waals surface area contributed by atoms with Crippen LogP contribution in [0.15, 0.2) is 120 Å². The smallest absolute Gasteiger partial charge is 0.175 e. The molecule has 21 heteroatoms. The van der Waals surface area contributed by atoms with Gasteiger partial charge in [-0.1, -0.05) is 24.3 Å². The third kappa shape index (κ3) is 26.2. The number of nitrogens with zero attached hydrogens (tertiary/aromatic N) is 13. The van der Waals surface area contributed by atoms with E-state index in [0.29, 0.717) is 4.77 Å². The van der Waals surface area contributed by atoms with E-state index >= 15 is 0 Å². The van der Waals surface area contributed by atoms with Gasteiger partial charge in [-0.05, 0) is 120 Å². The number of para-hydroxylation sites is 2. The van der Waals surface area contributed by atoms with Crippen molar-refractivity contribution in [3.63, 3.8) is 0 Å². The Morgan fingerprint density at radius 2 is 1.31 bits per heavy atom. The highest BCUT2D eigenvalue weighted by Crippen LogP contribution is 2.07. The number of H-pyrrole nitrogens is 4. The quantitative estimate of drug-likeness (QED) is 0.104. The minimum absolute atomic E-state index is 0.682. The molecule has 0 radical (unpaired) electrons. The normalized spacial score (nSPS) is 9.13. The summed E-state index contributed by atoms with van der Waals surface area (Å²) in [6.45, 7) is 15.5. The Morgan fingerprint density at radius 3 is 1.56 bits per heavy atom. The van der Waals surface area contributed by atoms with Crippen molar-refractivity contribution < 1.29 is 0 Å². The SMILES string of the molecule is Cc1ccccn1.Cc1cccs1.Cc1ncc[nH]1.Cc1ncccn1.Cc1nccs1.Cc1ncn[nH]1.Cc1nncs1.Cc1nnnn1C.S=c1[nH]c2ccccc2[nH]1. The molecular weight excluding hydrogens is 847 g/mol. The van der Waals surface area contributed by atoms with Crippen LogP contribution in [0.2, 0.25) is 0 Å². The molecule has 0 bridgehead atoms. The van der Waals surface area contributed by atoms with Gasteiger partial charge in [0, 0.05) is 60.2 Å². The number of hydrogen-bond donors (Lipinski definition) is 4. The Morgan fingerprint density at radius 1 is 0.607 bits per heavy atom. The van der Waals surface area contributed by atoms with Gasteiger partial charge in [-0.3, -0.25) is 15.1 Å². The van der Waals surface area contributed by atoms with Crippen LogP contribution in [-0.4, -0.2) is 85.5 Å².